The highest BCUT2D eigenvalue weighted by molar-refractivity contribution is 6.29. The Kier molecular flexibility index (Phi) is 7.18. The zero-order valence-corrected chi connectivity index (χ0v) is 13.8. The number of hydrogen-bond donors (Lipinski definition) is 4. The Bertz CT molecular complexity index is 649. The molecule has 0 saturated heterocycles. The second-order valence-corrected chi connectivity index (χ2v) is 5.21. The van der Waals surface area contributed by atoms with E-state index in [4.69, 9.17) is 23.2 Å². The van der Waals surface area contributed by atoms with Gasteiger partial charge in [-0.2, -0.15) is 0 Å². The third-order valence-corrected chi connectivity index (χ3v) is 2.97. The molecule has 6 nitrogen and oxygen atoms in total. The highest BCUT2D eigenvalue weighted by Gasteiger charge is 2.11. The Hall–Kier alpha value is -2.44. The molecule has 0 atom stereocenters. The topological polar surface area (TPSA) is 105 Å². The summed E-state index contributed by atoms with van der Waals surface area (Å²) >= 11 is 5.62. The van der Waals surface area contributed by atoms with E-state index in [-0.39, 0.29) is 16.8 Å². The highest BCUT2D eigenvalue weighted by atomic mass is 35.5. The van der Waals surface area contributed by atoms with Crippen molar-refractivity contribution in [2.24, 2.45) is 11.6 Å². The number of phenolic OH excluding ortho intramolecular Hbond substituents is 1. The average Bonchev–Trinajstić information content (AvgIpc) is 2.46. The van der Waals surface area contributed by atoms with Crippen LogP contribution in [0.4, 0.5) is 5.69 Å². The molecule has 0 aliphatic carbocycles. The van der Waals surface area contributed by atoms with E-state index in [2.05, 4.69) is 5.32 Å². The number of anilines is 1. The maximum atomic E-state index is 11.8. The number of allylic oxidation sites excluding steroid dienone is 2. The van der Waals surface area contributed by atoms with E-state index in [0.29, 0.717) is 16.8 Å². The average molecular weight is 337 g/mol. The molecule has 0 aromatic heterocycles. The van der Waals surface area contributed by atoms with Crippen molar-refractivity contribution in [3.8, 4) is 5.75 Å². The van der Waals surface area contributed by atoms with Gasteiger partial charge in [-0.15, -0.1) is 0 Å². The van der Waals surface area contributed by atoms with Crippen LogP contribution in [0.15, 0.2) is 47.9 Å². The number of carbonyl (C=O) groups is 1. The first-order valence-electron chi connectivity index (χ1n) is 6.99. The molecule has 0 bridgehead atoms. The van der Waals surface area contributed by atoms with Crippen LogP contribution in [0.25, 0.3) is 5.57 Å². The number of nitrogens with two attached hydrogens (primary N) is 2. The third kappa shape index (κ3) is 6.06. The number of amides is 1. The first-order chi connectivity index (χ1) is 10.8. The Morgan fingerprint density at radius 1 is 1.48 bits per heavy atom. The minimum atomic E-state index is -0.280. The number of nitrogens with one attached hydrogen (secondary N) is 1. The summed E-state index contributed by atoms with van der Waals surface area (Å²) in [6.45, 7) is 3.71. The molecule has 7 heteroatoms. The number of hydrazine groups is 1. The number of carbonyl (C=O) groups excluding carboxylic acids is 1. The summed E-state index contributed by atoms with van der Waals surface area (Å²) in [6, 6.07) is 4.59. The molecule has 0 unspecified atom stereocenters. The van der Waals surface area contributed by atoms with Gasteiger partial charge >= 0.3 is 0 Å². The molecule has 0 aliphatic rings. The van der Waals surface area contributed by atoms with E-state index in [1.165, 1.54) is 29.4 Å². The minimum Gasteiger partial charge on any atom is -0.508 e. The summed E-state index contributed by atoms with van der Waals surface area (Å²) in [5.74, 6) is 5.66. The second kappa shape index (κ2) is 8.87. The molecule has 6 N–H and O–H groups in total. The first kappa shape index (κ1) is 18.6. The fraction of sp³-hybridized carbons (Fsp3) is 0.188. The Labute approximate surface area is 140 Å². The minimum absolute atomic E-state index is 0.00982. The molecular weight excluding hydrogens is 316 g/mol. The van der Waals surface area contributed by atoms with Crippen LogP contribution in [0.3, 0.4) is 0 Å². The zero-order valence-electron chi connectivity index (χ0n) is 13.1. The van der Waals surface area contributed by atoms with Crippen molar-refractivity contribution >= 4 is 28.8 Å². The standard InChI is InChI=1S/C16H21ClN4O2/c1-3-4-7-20-16(23)8-11(2)13-9-12(22)5-6-14(13)21(19)10-15(17)18/h4-10,22H,3,18-19H2,1-2H3,(H,20,23)/b7-4+,11-8+,15-10-. The van der Waals surface area contributed by atoms with Gasteiger partial charge in [0.05, 0.1) is 11.9 Å². The number of hydrogen-bond acceptors (Lipinski definition) is 5. The molecule has 1 rings (SSSR count). The Morgan fingerprint density at radius 2 is 2.17 bits per heavy atom. The molecule has 124 valence electrons. The van der Waals surface area contributed by atoms with Crippen molar-refractivity contribution in [3.63, 3.8) is 0 Å². The maximum Gasteiger partial charge on any atom is 0.248 e. The first-order valence-corrected chi connectivity index (χ1v) is 7.36. The molecule has 23 heavy (non-hydrogen) atoms. The van der Waals surface area contributed by atoms with Gasteiger partial charge < -0.3 is 16.2 Å². The fourth-order valence-electron chi connectivity index (χ4n) is 1.84. The monoisotopic (exact) mass is 336 g/mol. The van der Waals surface area contributed by atoms with Crippen molar-refractivity contribution in [1.82, 2.24) is 5.32 Å². The maximum absolute atomic E-state index is 11.8. The van der Waals surface area contributed by atoms with Crippen molar-refractivity contribution in [3.05, 3.63) is 53.5 Å². The number of benzene rings is 1. The van der Waals surface area contributed by atoms with Crippen molar-refractivity contribution in [1.29, 1.82) is 0 Å². The van der Waals surface area contributed by atoms with Gasteiger partial charge in [0.2, 0.25) is 5.91 Å². The number of phenols is 1. The quantitative estimate of drug-likeness (QED) is 0.276. The van der Waals surface area contributed by atoms with Crippen molar-refractivity contribution in [2.45, 2.75) is 20.3 Å². The summed E-state index contributed by atoms with van der Waals surface area (Å²) < 4.78 is 0. The predicted molar refractivity (Wildman–Crippen MR) is 94.1 cm³/mol. The highest BCUT2D eigenvalue weighted by Crippen LogP contribution is 2.29. The SMILES string of the molecule is CC/C=C/NC(=O)/C=C(\C)c1cc(O)ccc1N(N)/C=C(\N)Cl. The van der Waals surface area contributed by atoms with E-state index in [0.717, 1.165) is 6.42 Å². The van der Waals surface area contributed by atoms with Crippen LogP contribution in [0.2, 0.25) is 0 Å². The molecule has 0 spiro atoms. The van der Waals surface area contributed by atoms with E-state index >= 15 is 0 Å². The molecule has 1 amide bonds. The lowest BCUT2D eigenvalue weighted by Crippen LogP contribution is -2.26. The summed E-state index contributed by atoms with van der Waals surface area (Å²) in [5.41, 5.74) is 7.14. The van der Waals surface area contributed by atoms with Crippen LogP contribution < -0.4 is 21.9 Å². The van der Waals surface area contributed by atoms with Gasteiger partial charge in [-0.1, -0.05) is 24.6 Å². The molecule has 0 radical (unpaired) electrons. The molecule has 1 aromatic carbocycles. The number of nitrogens with zero attached hydrogens (tertiary/aromatic N) is 1. The largest absolute Gasteiger partial charge is 0.508 e. The Morgan fingerprint density at radius 3 is 2.78 bits per heavy atom. The molecule has 0 fully saturated rings. The predicted octanol–water partition coefficient (Wildman–Crippen LogP) is 2.51. The van der Waals surface area contributed by atoms with Gasteiger partial charge in [-0.25, -0.2) is 5.84 Å². The van der Waals surface area contributed by atoms with E-state index in [9.17, 15) is 9.90 Å². The number of aromatic hydroxyl groups is 1. The zero-order chi connectivity index (χ0) is 17.4. The van der Waals surface area contributed by atoms with E-state index in [1.54, 1.807) is 19.2 Å². The smallest absolute Gasteiger partial charge is 0.248 e. The van der Waals surface area contributed by atoms with Gasteiger partial charge in [-0.3, -0.25) is 9.80 Å². The van der Waals surface area contributed by atoms with Crippen LogP contribution in [0.1, 0.15) is 25.8 Å². The van der Waals surface area contributed by atoms with Gasteiger partial charge in [0.1, 0.15) is 10.9 Å². The second-order valence-electron chi connectivity index (χ2n) is 4.77. The molecule has 0 heterocycles. The van der Waals surface area contributed by atoms with Gasteiger partial charge in [0, 0.05) is 17.8 Å². The normalized spacial score (nSPS) is 12.5. The van der Waals surface area contributed by atoms with E-state index < -0.39 is 0 Å². The summed E-state index contributed by atoms with van der Waals surface area (Å²) in [7, 11) is 0. The fourth-order valence-corrected chi connectivity index (χ4v) is 1.95. The summed E-state index contributed by atoms with van der Waals surface area (Å²) in [6.07, 6.45) is 6.99. The van der Waals surface area contributed by atoms with Crippen LogP contribution in [0, 0.1) is 0 Å². The van der Waals surface area contributed by atoms with Crippen LogP contribution in [-0.2, 0) is 4.79 Å². The van der Waals surface area contributed by atoms with Crippen molar-refractivity contribution < 1.29 is 9.90 Å². The summed E-state index contributed by atoms with van der Waals surface area (Å²) in [5, 5.41) is 13.6. The number of halogens is 1. The number of rotatable bonds is 6. The lowest BCUT2D eigenvalue weighted by atomic mass is 10.0. The van der Waals surface area contributed by atoms with Gasteiger partial charge in [0.15, 0.2) is 0 Å². The third-order valence-electron chi connectivity index (χ3n) is 2.87. The van der Waals surface area contributed by atoms with Crippen LogP contribution in [-0.4, -0.2) is 11.0 Å². The van der Waals surface area contributed by atoms with Gasteiger partial charge in [-0.05, 0) is 37.1 Å². The van der Waals surface area contributed by atoms with Crippen molar-refractivity contribution in [2.75, 3.05) is 5.01 Å². The lowest BCUT2D eigenvalue weighted by molar-refractivity contribution is -0.115. The Balaban J connectivity index is 3.14. The molecular formula is C16H21ClN4O2. The van der Waals surface area contributed by atoms with Gasteiger partial charge in [0.25, 0.3) is 0 Å². The van der Waals surface area contributed by atoms with Crippen LogP contribution >= 0.6 is 11.6 Å². The molecule has 1 aromatic rings. The van der Waals surface area contributed by atoms with Crippen LogP contribution in [0.5, 0.6) is 5.75 Å². The summed E-state index contributed by atoms with van der Waals surface area (Å²) in [4.78, 5) is 11.8. The van der Waals surface area contributed by atoms with E-state index in [1.807, 2.05) is 13.0 Å². The lowest BCUT2D eigenvalue weighted by Gasteiger charge is -2.19. The molecule has 0 aliphatic heterocycles. The molecule has 0 saturated carbocycles.